The molecule has 0 bridgehead atoms. The van der Waals surface area contributed by atoms with Crippen LogP contribution in [0.5, 0.6) is 11.5 Å². The topological polar surface area (TPSA) is 44.5 Å². The molecule has 2 unspecified atom stereocenters. The third kappa shape index (κ3) is 2.35. The van der Waals surface area contributed by atoms with Gasteiger partial charge in [0.1, 0.15) is 17.6 Å². The highest BCUT2D eigenvalue weighted by Gasteiger charge is 2.28. The smallest absolute Gasteiger partial charge is 0.129 e. The Kier molecular flexibility index (Phi) is 3.55. The second-order valence-corrected chi connectivity index (χ2v) is 5.31. The van der Waals surface area contributed by atoms with Crippen LogP contribution in [-0.4, -0.2) is 7.11 Å². The van der Waals surface area contributed by atoms with Gasteiger partial charge in [0.2, 0.25) is 0 Å². The van der Waals surface area contributed by atoms with Crippen molar-refractivity contribution in [3.05, 3.63) is 58.6 Å². The molecule has 1 aliphatic rings. The van der Waals surface area contributed by atoms with Crippen molar-refractivity contribution in [3.63, 3.8) is 0 Å². The van der Waals surface area contributed by atoms with E-state index in [1.165, 1.54) is 0 Å². The number of methoxy groups -OCH3 is 1. The zero-order valence-corrected chi connectivity index (χ0v) is 11.9. The second kappa shape index (κ2) is 5.35. The number of nitrogens with two attached hydrogens (primary N) is 1. The van der Waals surface area contributed by atoms with Gasteiger partial charge in [0.15, 0.2) is 0 Å². The Labute approximate surface area is 123 Å². The van der Waals surface area contributed by atoms with Gasteiger partial charge >= 0.3 is 0 Å². The predicted molar refractivity (Wildman–Crippen MR) is 79.4 cm³/mol. The molecule has 3 rings (SSSR count). The predicted octanol–water partition coefficient (Wildman–Crippen LogP) is 3.87. The lowest BCUT2D eigenvalue weighted by Gasteiger charge is -2.31. The molecule has 0 spiro atoms. The molecule has 3 nitrogen and oxygen atoms in total. The van der Waals surface area contributed by atoms with Gasteiger partial charge in [-0.1, -0.05) is 29.8 Å². The van der Waals surface area contributed by atoms with Crippen molar-refractivity contribution >= 4 is 11.6 Å². The highest BCUT2D eigenvalue weighted by atomic mass is 35.5. The molecule has 0 saturated heterocycles. The Morgan fingerprint density at radius 1 is 1.20 bits per heavy atom. The fourth-order valence-electron chi connectivity index (χ4n) is 2.60. The summed E-state index contributed by atoms with van der Waals surface area (Å²) in [4.78, 5) is 0. The van der Waals surface area contributed by atoms with Gasteiger partial charge < -0.3 is 15.2 Å². The number of fused-ring (bicyclic) bond motifs is 1. The molecule has 2 N–H and O–H groups in total. The summed E-state index contributed by atoms with van der Waals surface area (Å²) in [5, 5.41) is 0.679. The molecule has 4 heteroatoms. The number of hydrogen-bond acceptors (Lipinski definition) is 3. The standard InChI is InChI=1S/C16H16ClNO2/c1-19-14-5-3-2-4-11(14)16-9-13(18)12-8-10(17)6-7-15(12)20-16/h2-8,13,16H,9,18H2,1H3. The minimum atomic E-state index is -0.102. The Hall–Kier alpha value is -1.71. The first kappa shape index (κ1) is 13.3. The van der Waals surface area contributed by atoms with E-state index >= 15 is 0 Å². The van der Waals surface area contributed by atoms with E-state index in [0.717, 1.165) is 22.6 Å². The molecule has 0 aliphatic carbocycles. The summed E-state index contributed by atoms with van der Waals surface area (Å²) in [7, 11) is 1.66. The van der Waals surface area contributed by atoms with Crippen LogP contribution in [0.4, 0.5) is 0 Å². The molecular formula is C16H16ClNO2. The molecule has 0 amide bonds. The van der Waals surface area contributed by atoms with E-state index in [-0.39, 0.29) is 12.1 Å². The van der Waals surface area contributed by atoms with Crippen LogP contribution >= 0.6 is 11.6 Å². The van der Waals surface area contributed by atoms with Gasteiger partial charge in [-0.25, -0.2) is 0 Å². The molecule has 1 heterocycles. The minimum absolute atomic E-state index is 0.0904. The van der Waals surface area contributed by atoms with Crippen molar-refractivity contribution in [2.75, 3.05) is 7.11 Å². The minimum Gasteiger partial charge on any atom is -0.496 e. The Morgan fingerprint density at radius 2 is 2.00 bits per heavy atom. The molecule has 2 aromatic carbocycles. The summed E-state index contributed by atoms with van der Waals surface area (Å²) in [6.07, 6.45) is 0.600. The zero-order chi connectivity index (χ0) is 14.1. The summed E-state index contributed by atoms with van der Waals surface area (Å²) in [5.74, 6) is 1.62. The lowest BCUT2D eigenvalue weighted by atomic mass is 9.93. The van der Waals surface area contributed by atoms with Gasteiger partial charge in [-0.2, -0.15) is 0 Å². The molecule has 0 fully saturated rings. The van der Waals surface area contributed by atoms with Gasteiger partial charge in [-0.05, 0) is 24.3 Å². The van der Waals surface area contributed by atoms with E-state index < -0.39 is 0 Å². The van der Waals surface area contributed by atoms with Crippen LogP contribution in [0, 0.1) is 0 Å². The van der Waals surface area contributed by atoms with Crippen LogP contribution in [0.15, 0.2) is 42.5 Å². The fourth-order valence-corrected chi connectivity index (χ4v) is 2.78. The number of ether oxygens (including phenoxy) is 2. The summed E-state index contributed by atoms with van der Waals surface area (Å²) in [6, 6.07) is 13.3. The summed E-state index contributed by atoms with van der Waals surface area (Å²) in [6.45, 7) is 0. The van der Waals surface area contributed by atoms with Crippen molar-refractivity contribution in [1.82, 2.24) is 0 Å². The normalized spacial score (nSPS) is 20.9. The Morgan fingerprint density at radius 3 is 2.80 bits per heavy atom. The van der Waals surface area contributed by atoms with Crippen LogP contribution in [0.2, 0.25) is 5.02 Å². The van der Waals surface area contributed by atoms with Gasteiger partial charge in [-0.15, -0.1) is 0 Å². The lowest BCUT2D eigenvalue weighted by molar-refractivity contribution is 0.158. The molecule has 0 aromatic heterocycles. The third-order valence-electron chi connectivity index (χ3n) is 3.59. The maximum Gasteiger partial charge on any atom is 0.129 e. The number of benzene rings is 2. The number of hydrogen-bond donors (Lipinski definition) is 1. The average molecular weight is 290 g/mol. The molecule has 1 aliphatic heterocycles. The lowest BCUT2D eigenvalue weighted by Crippen LogP contribution is -2.24. The van der Waals surface area contributed by atoms with Crippen molar-refractivity contribution in [2.45, 2.75) is 18.6 Å². The van der Waals surface area contributed by atoms with Gasteiger partial charge in [-0.3, -0.25) is 0 Å². The maximum atomic E-state index is 6.26. The third-order valence-corrected chi connectivity index (χ3v) is 3.83. The van der Waals surface area contributed by atoms with Crippen LogP contribution in [-0.2, 0) is 0 Å². The van der Waals surface area contributed by atoms with Crippen LogP contribution in [0.1, 0.15) is 29.7 Å². The van der Waals surface area contributed by atoms with Crippen molar-refractivity contribution in [1.29, 1.82) is 0 Å². The molecular weight excluding hydrogens is 274 g/mol. The van der Waals surface area contributed by atoms with Gasteiger partial charge in [0, 0.05) is 28.6 Å². The summed E-state index contributed by atoms with van der Waals surface area (Å²) >= 11 is 6.01. The van der Waals surface area contributed by atoms with E-state index in [1.54, 1.807) is 7.11 Å². The van der Waals surface area contributed by atoms with E-state index in [4.69, 9.17) is 26.8 Å². The molecule has 2 aromatic rings. The van der Waals surface area contributed by atoms with E-state index in [9.17, 15) is 0 Å². The van der Waals surface area contributed by atoms with Crippen LogP contribution in [0.3, 0.4) is 0 Å². The first-order valence-electron chi connectivity index (χ1n) is 6.53. The maximum absolute atomic E-state index is 6.26. The van der Waals surface area contributed by atoms with Crippen molar-refractivity contribution in [2.24, 2.45) is 5.73 Å². The highest BCUT2D eigenvalue weighted by molar-refractivity contribution is 6.30. The molecule has 0 radical (unpaired) electrons. The van der Waals surface area contributed by atoms with E-state index in [1.807, 2.05) is 42.5 Å². The molecule has 104 valence electrons. The SMILES string of the molecule is COc1ccccc1C1CC(N)c2cc(Cl)ccc2O1. The molecule has 20 heavy (non-hydrogen) atoms. The number of rotatable bonds is 2. The Bertz CT molecular complexity index is 630. The average Bonchev–Trinajstić information content (AvgIpc) is 2.47. The first-order valence-corrected chi connectivity index (χ1v) is 6.91. The molecule has 0 saturated carbocycles. The monoisotopic (exact) mass is 289 g/mol. The molecule has 2 atom stereocenters. The van der Waals surface area contributed by atoms with E-state index in [2.05, 4.69) is 0 Å². The van der Waals surface area contributed by atoms with Crippen LogP contribution in [0.25, 0.3) is 0 Å². The Balaban J connectivity index is 1.97. The highest BCUT2D eigenvalue weighted by Crippen LogP contribution is 2.42. The van der Waals surface area contributed by atoms with Crippen molar-refractivity contribution in [3.8, 4) is 11.5 Å². The van der Waals surface area contributed by atoms with Gasteiger partial charge in [0.25, 0.3) is 0 Å². The number of para-hydroxylation sites is 1. The van der Waals surface area contributed by atoms with E-state index in [0.29, 0.717) is 11.4 Å². The van der Waals surface area contributed by atoms with Gasteiger partial charge in [0.05, 0.1) is 7.11 Å². The fraction of sp³-hybridized carbons (Fsp3) is 0.250. The quantitative estimate of drug-likeness (QED) is 0.913. The zero-order valence-electron chi connectivity index (χ0n) is 11.2. The van der Waals surface area contributed by atoms with Crippen molar-refractivity contribution < 1.29 is 9.47 Å². The first-order chi connectivity index (χ1) is 9.69. The number of halogens is 1. The summed E-state index contributed by atoms with van der Waals surface area (Å²) < 4.78 is 11.5. The van der Waals surface area contributed by atoms with Crippen LogP contribution < -0.4 is 15.2 Å². The largest absolute Gasteiger partial charge is 0.496 e. The summed E-state index contributed by atoms with van der Waals surface area (Å²) in [5.41, 5.74) is 8.24. The second-order valence-electron chi connectivity index (χ2n) is 4.87.